The van der Waals surface area contributed by atoms with E-state index in [1.54, 1.807) is 12.1 Å². The van der Waals surface area contributed by atoms with Gasteiger partial charge >= 0.3 is 0 Å². The van der Waals surface area contributed by atoms with Gasteiger partial charge in [0.15, 0.2) is 11.6 Å². The molecule has 170 valence electrons. The van der Waals surface area contributed by atoms with E-state index in [-0.39, 0.29) is 15.9 Å². The first-order chi connectivity index (χ1) is 15.9. The SMILES string of the molecule is CC(Nc1ncnc2ccc(Cl)nc12)c1nc2c(F)ccc(Cl)c2c(=O)n1N1CCNCC1. The first-order valence-corrected chi connectivity index (χ1v) is 11.1. The number of hydrogen-bond acceptors (Lipinski definition) is 8. The second-order valence-corrected chi connectivity index (χ2v) is 8.43. The van der Waals surface area contributed by atoms with Gasteiger partial charge in [0, 0.05) is 26.2 Å². The molecule has 1 saturated heterocycles. The largest absolute Gasteiger partial charge is 0.358 e. The fourth-order valence-electron chi connectivity index (χ4n) is 3.92. The van der Waals surface area contributed by atoms with Crippen LogP contribution in [0, 0.1) is 5.82 Å². The Bertz CT molecular complexity index is 1420. The molecular weight excluding hydrogens is 470 g/mol. The highest BCUT2D eigenvalue weighted by molar-refractivity contribution is 6.35. The Morgan fingerprint density at radius 1 is 1.09 bits per heavy atom. The number of pyridine rings is 1. The van der Waals surface area contributed by atoms with Gasteiger partial charge in [0.25, 0.3) is 5.56 Å². The summed E-state index contributed by atoms with van der Waals surface area (Å²) in [5.41, 5.74) is 0.579. The maximum Gasteiger partial charge on any atom is 0.281 e. The molecular formula is C21H19Cl2FN8O. The smallest absolute Gasteiger partial charge is 0.281 e. The summed E-state index contributed by atoms with van der Waals surface area (Å²) in [6, 6.07) is 5.41. The van der Waals surface area contributed by atoms with E-state index in [9.17, 15) is 9.18 Å². The van der Waals surface area contributed by atoms with Crippen LogP contribution in [0.1, 0.15) is 18.8 Å². The van der Waals surface area contributed by atoms with Gasteiger partial charge in [-0.15, -0.1) is 0 Å². The maximum atomic E-state index is 14.7. The van der Waals surface area contributed by atoms with E-state index in [1.807, 2.05) is 11.9 Å². The Morgan fingerprint density at radius 2 is 1.88 bits per heavy atom. The highest BCUT2D eigenvalue weighted by atomic mass is 35.5. The summed E-state index contributed by atoms with van der Waals surface area (Å²) in [6.45, 7) is 4.36. The van der Waals surface area contributed by atoms with Gasteiger partial charge in [-0.05, 0) is 31.2 Å². The van der Waals surface area contributed by atoms with Gasteiger partial charge in [-0.25, -0.2) is 29.0 Å². The average molecular weight is 489 g/mol. The minimum Gasteiger partial charge on any atom is -0.358 e. The Kier molecular flexibility index (Phi) is 5.73. The number of piperazine rings is 1. The van der Waals surface area contributed by atoms with Crippen LogP contribution in [0.25, 0.3) is 21.9 Å². The van der Waals surface area contributed by atoms with Crippen molar-refractivity contribution in [2.45, 2.75) is 13.0 Å². The molecule has 0 bridgehead atoms. The first kappa shape index (κ1) is 21.7. The molecule has 1 aliphatic rings. The van der Waals surface area contributed by atoms with Crippen LogP contribution < -0.4 is 21.2 Å². The quantitative estimate of drug-likeness (QED) is 0.423. The first-order valence-electron chi connectivity index (χ1n) is 10.3. The molecule has 1 fully saturated rings. The van der Waals surface area contributed by atoms with Gasteiger partial charge in [0.2, 0.25) is 0 Å². The monoisotopic (exact) mass is 488 g/mol. The van der Waals surface area contributed by atoms with Gasteiger partial charge in [-0.2, -0.15) is 0 Å². The Morgan fingerprint density at radius 3 is 2.67 bits per heavy atom. The lowest BCUT2D eigenvalue weighted by Crippen LogP contribution is -2.54. The van der Waals surface area contributed by atoms with Crippen LogP contribution in [-0.4, -0.2) is 50.8 Å². The Balaban J connectivity index is 1.67. The van der Waals surface area contributed by atoms with Crippen LogP contribution in [0.15, 0.2) is 35.4 Å². The van der Waals surface area contributed by atoms with Crippen molar-refractivity contribution in [2.75, 3.05) is 36.5 Å². The van der Waals surface area contributed by atoms with Crippen molar-refractivity contribution in [3.05, 3.63) is 62.8 Å². The van der Waals surface area contributed by atoms with Gasteiger partial charge in [-0.1, -0.05) is 23.2 Å². The standard InChI is InChI=1S/C21H19Cl2FN8O/c1-11(28-19-18-14(26-10-27-19)4-5-15(23)29-18)20-30-17-13(24)3-2-12(22)16(17)21(33)32(20)31-8-6-25-7-9-31/h2-5,10-11,25H,6-9H2,1H3,(H,26,27,28). The minimum atomic E-state index is -0.617. The lowest BCUT2D eigenvalue weighted by atomic mass is 10.2. The Hall–Kier alpha value is -3.08. The van der Waals surface area contributed by atoms with Crippen LogP contribution in [-0.2, 0) is 0 Å². The molecule has 0 radical (unpaired) electrons. The topological polar surface area (TPSA) is 101 Å². The summed E-state index contributed by atoms with van der Waals surface area (Å²) in [5, 5.41) is 8.88. The fraction of sp³-hybridized carbons (Fsp3) is 0.286. The predicted molar refractivity (Wildman–Crippen MR) is 126 cm³/mol. The van der Waals surface area contributed by atoms with Gasteiger partial charge < -0.3 is 15.6 Å². The third-order valence-electron chi connectivity index (χ3n) is 5.49. The summed E-state index contributed by atoms with van der Waals surface area (Å²) < 4.78 is 16.2. The molecule has 0 spiro atoms. The highest BCUT2D eigenvalue weighted by Gasteiger charge is 2.25. The molecule has 4 aromatic rings. The number of anilines is 1. The average Bonchev–Trinajstić information content (AvgIpc) is 2.82. The van der Waals surface area contributed by atoms with Gasteiger partial charge in [0.05, 0.1) is 22.0 Å². The van der Waals surface area contributed by atoms with Gasteiger partial charge in [-0.3, -0.25) is 4.79 Å². The molecule has 1 aromatic carbocycles. The number of nitrogens with one attached hydrogen (secondary N) is 2. The van der Waals surface area contributed by atoms with Crippen LogP contribution >= 0.6 is 23.2 Å². The summed E-state index contributed by atoms with van der Waals surface area (Å²) in [4.78, 5) is 30.9. The van der Waals surface area contributed by atoms with E-state index in [2.05, 4.69) is 30.6 Å². The van der Waals surface area contributed by atoms with Crippen molar-refractivity contribution in [1.29, 1.82) is 0 Å². The second-order valence-electron chi connectivity index (χ2n) is 7.63. The number of nitrogens with zero attached hydrogens (tertiary/aromatic N) is 6. The lowest BCUT2D eigenvalue weighted by molar-refractivity contribution is 0.460. The fourth-order valence-corrected chi connectivity index (χ4v) is 4.30. The molecule has 3 aromatic heterocycles. The van der Waals surface area contributed by atoms with E-state index in [0.717, 1.165) is 0 Å². The van der Waals surface area contributed by atoms with Crippen molar-refractivity contribution in [2.24, 2.45) is 0 Å². The summed E-state index contributed by atoms with van der Waals surface area (Å²) in [5.74, 6) is 0.125. The van der Waals surface area contributed by atoms with Crippen LogP contribution in [0.5, 0.6) is 0 Å². The van der Waals surface area contributed by atoms with Crippen molar-refractivity contribution in [1.82, 2.24) is 29.9 Å². The molecule has 12 heteroatoms. The van der Waals surface area contributed by atoms with Crippen molar-refractivity contribution in [3.63, 3.8) is 0 Å². The molecule has 1 unspecified atom stereocenters. The molecule has 33 heavy (non-hydrogen) atoms. The molecule has 1 atom stereocenters. The molecule has 0 saturated carbocycles. The van der Waals surface area contributed by atoms with Crippen LogP contribution in [0.4, 0.5) is 10.2 Å². The molecule has 4 heterocycles. The number of hydrogen-bond donors (Lipinski definition) is 2. The van der Waals surface area contributed by atoms with Crippen molar-refractivity contribution in [3.8, 4) is 0 Å². The molecule has 0 aliphatic carbocycles. The molecule has 5 rings (SSSR count). The zero-order chi connectivity index (χ0) is 23.1. The minimum absolute atomic E-state index is 0.0482. The normalized spacial score (nSPS) is 15.2. The third kappa shape index (κ3) is 3.94. The predicted octanol–water partition coefficient (Wildman–Crippen LogP) is 2.89. The van der Waals surface area contributed by atoms with Crippen molar-refractivity contribution >= 4 is 51.0 Å². The second kappa shape index (κ2) is 8.69. The van der Waals surface area contributed by atoms with Crippen LogP contribution in [0.3, 0.4) is 0 Å². The maximum absolute atomic E-state index is 14.7. The molecule has 0 amide bonds. The summed E-state index contributed by atoms with van der Waals surface area (Å²) in [7, 11) is 0. The van der Waals surface area contributed by atoms with Crippen molar-refractivity contribution < 1.29 is 4.39 Å². The zero-order valence-corrected chi connectivity index (χ0v) is 19.0. The number of benzene rings is 1. The number of fused-ring (bicyclic) bond motifs is 2. The molecule has 1 aliphatic heterocycles. The number of halogens is 3. The third-order valence-corrected chi connectivity index (χ3v) is 6.02. The molecule has 2 N–H and O–H groups in total. The van der Waals surface area contributed by atoms with Gasteiger partial charge in [0.1, 0.15) is 28.3 Å². The van der Waals surface area contributed by atoms with E-state index in [0.29, 0.717) is 54.0 Å². The number of aromatic nitrogens is 5. The van der Waals surface area contributed by atoms with E-state index < -0.39 is 17.4 Å². The highest BCUT2D eigenvalue weighted by Crippen LogP contribution is 2.26. The summed E-state index contributed by atoms with van der Waals surface area (Å²) in [6.07, 6.45) is 1.41. The summed E-state index contributed by atoms with van der Waals surface area (Å²) >= 11 is 12.4. The lowest BCUT2D eigenvalue weighted by Gasteiger charge is -2.33. The van der Waals surface area contributed by atoms with E-state index in [1.165, 1.54) is 23.1 Å². The van der Waals surface area contributed by atoms with Crippen LogP contribution in [0.2, 0.25) is 10.2 Å². The van der Waals surface area contributed by atoms with E-state index >= 15 is 0 Å². The number of rotatable bonds is 4. The van der Waals surface area contributed by atoms with E-state index in [4.69, 9.17) is 23.2 Å². The Labute approximate surface area is 197 Å². The zero-order valence-electron chi connectivity index (χ0n) is 17.5. The molecule has 9 nitrogen and oxygen atoms in total.